The highest BCUT2D eigenvalue weighted by Crippen LogP contribution is 2.30. The van der Waals surface area contributed by atoms with Crippen molar-refractivity contribution in [1.82, 2.24) is 9.88 Å². The molecule has 0 aliphatic carbocycles. The third kappa shape index (κ3) is 3.27. The average molecular weight is 254 g/mol. The lowest BCUT2D eigenvalue weighted by Gasteiger charge is -2.33. The van der Waals surface area contributed by atoms with Gasteiger partial charge in [-0.05, 0) is 39.8 Å². The smallest absolute Gasteiger partial charge is 0.0960 e. The van der Waals surface area contributed by atoms with Gasteiger partial charge < -0.3 is 10.0 Å². The number of likely N-dealkylation sites (tertiary alicyclic amines) is 1. The Morgan fingerprint density at radius 3 is 2.76 bits per heavy atom. The molecule has 1 fully saturated rings. The van der Waals surface area contributed by atoms with Crippen LogP contribution in [0.25, 0.3) is 0 Å². The van der Waals surface area contributed by atoms with E-state index in [4.69, 9.17) is 5.11 Å². The van der Waals surface area contributed by atoms with Gasteiger partial charge in [-0.15, -0.1) is 11.3 Å². The van der Waals surface area contributed by atoms with E-state index in [1.165, 1.54) is 30.9 Å². The van der Waals surface area contributed by atoms with Crippen molar-refractivity contribution in [3.63, 3.8) is 0 Å². The minimum Gasteiger partial charge on any atom is -0.396 e. The van der Waals surface area contributed by atoms with Gasteiger partial charge >= 0.3 is 0 Å². The summed E-state index contributed by atoms with van der Waals surface area (Å²) in [5, 5.41) is 12.3. The van der Waals surface area contributed by atoms with Crippen LogP contribution in [-0.4, -0.2) is 40.7 Å². The highest BCUT2D eigenvalue weighted by atomic mass is 32.1. The van der Waals surface area contributed by atoms with Gasteiger partial charge in [-0.25, -0.2) is 4.98 Å². The van der Waals surface area contributed by atoms with Crippen molar-refractivity contribution in [2.24, 2.45) is 0 Å². The maximum atomic E-state index is 8.89. The van der Waals surface area contributed by atoms with Crippen molar-refractivity contribution >= 4 is 11.3 Å². The summed E-state index contributed by atoms with van der Waals surface area (Å²) in [6.07, 6.45) is 3.15. The van der Waals surface area contributed by atoms with Crippen molar-refractivity contribution in [3.8, 4) is 0 Å². The van der Waals surface area contributed by atoms with Crippen molar-refractivity contribution < 1.29 is 5.11 Å². The van der Waals surface area contributed by atoms with Crippen LogP contribution in [0.2, 0.25) is 0 Å². The van der Waals surface area contributed by atoms with Gasteiger partial charge in [-0.1, -0.05) is 0 Å². The van der Waals surface area contributed by atoms with Crippen LogP contribution in [0.15, 0.2) is 5.38 Å². The maximum absolute atomic E-state index is 8.89. The minimum absolute atomic E-state index is 0.203. The summed E-state index contributed by atoms with van der Waals surface area (Å²) in [6.45, 7) is 7.12. The first-order chi connectivity index (χ1) is 8.20. The van der Waals surface area contributed by atoms with Gasteiger partial charge in [-0.2, -0.15) is 0 Å². The average Bonchev–Trinajstić information content (AvgIpc) is 2.78. The molecule has 1 aliphatic heterocycles. The first-order valence-corrected chi connectivity index (χ1v) is 7.38. The molecule has 2 rings (SSSR count). The molecule has 2 heterocycles. The summed E-state index contributed by atoms with van der Waals surface area (Å²) >= 11 is 1.76. The van der Waals surface area contributed by atoms with Crippen molar-refractivity contribution in [1.29, 1.82) is 0 Å². The quantitative estimate of drug-likeness (QED) is 0.895. The van der Waals surface area contributed by atoms with E-state index in [1.807, 2.05) is 0 Å². The van der Waals surface area contributed by atoms with Crippen LogP contribution >= 0.6 is 11.3 Å². The van der Waals surface area contributed by atoms with Gasteiger partial charge in [0.1, 0.15) is 0 Å². The normalized spacial score (nSPS) is 19.1. The predicted octanol–water partition coefficient (Wildman–Crippen LogP) is 2.27. The van der Waals surface area contributed by atoms with Crippen LogP contribution in [-0.2, 0) is 6.42 Å². The Morgan fingerprint density at radius 2 is 2.18 bits per heavy atom. The summed E-state index contributed by atoms with van der Waals surface area (Å²) in [4.78, 5) is 7.17. The highest BCUT2D eigenvalue weighted by Gasteiger charge is 2.23. The van der Waals surface area contributed by atoms with Gasteiger partial charge in [0.2, 0.25) is 0 Å². The lowest BCUT2D eigenvalue weighted by Crippen LogP contribution is -2.37. The van der Waals surface area contributed by atoms with E-state index in [0.29, 0.717) is 18.4 Å². The van der Waals surface area contributed by atoms with E-state index in [2.05, 4.69) is 29.1 Å². The number of hydrogen-bond donors (Lipinski definition) is 1. The lowest BCUT2D eigenvalue weighted by molar-refractivity contribution is 0.171. The molecule has 1 N–H and O–H groups in total. The molecule has 0 bridgehead atoms. The fourth-order valence-corrected chi connectivity index (χ4v) is 3.43. The van der Waals surface area contributed by atoms with Gasteiger partial charge in [0.25, 0.3) is 0 Å². The molecule has 0 aromatic carbocycles. The Hall–Kier alpha value is -0.450. The molecule has 3 nitrogen and oxygen atoms in total. The second-order valence-electron chi connectivity index (χ2n) is 5.05. The fraction of sp³-hybridized carbons (Fsp3) is 0.769. The Labute approximate surface area is 107 Å². The van der Waals surface area contributed by atoms with Crippen LogP contribution in [0.5, 0.6) is 0 Å². The zero-order valence-electron chi connectivity index (χ0n) is 10.7. The van der Waals surface area contributed by atoms with Crippen molar-refractivity contribution in [3.05, 3.63) is 16.1 Å². The Bertz CT molecular complexity index is 343. The maximum Gasteiger partial charge on any atom is 0.0960 e. The third-order valence-electron chi connectivity index (χ3n) is 3.55. The molecule has 1 aromatic rings. The lowest BCUT2D eigenvalue weighted by atomic mass is 9.97. The number of aromatic nitrogens is 1. The van der Waals surface area contributed by atoms with Crippen LogP contribution < -0.4 is 0 Å². The van der Waals surface area contributed by atoms with Gasteiger partial charge in [0, 0.05) is 30.4 Å². The highest BCUT2D eigenvalue weighted by molar-refractivity contribution is 7.09. The third-order valence-corrected chi connectivity index (χ3v) is 4.60. The van der Waals surface area contributed by atoms with Crippen molar-refractivity contribution in [2.75, 3.05) is 19.7 Å². The summed E-state index contributed by atoms with van der Waals surface area (Å²) in [5.41, 5.74) is 1.05. The number of aliphatic hydroxyl groups excluding tert-OH is 1. The molecule has 0 radical (unpaired) electrons. The largest absolute Gasteiger partial charge is 0.396 e. The van der Waals surface area contributed by atoms with Gasteiger partial charge in [0.15, 0.2) is 0 Å². The number of hydrogen-bond acceptors (Lipinski definition) is 4. The molecule has 1 saturated heterocycles. The fourth-order valence-electron chi connectivity index (χ4n) is 2.40. The molecule has 0 saturated carbocycles. The number of thiazole rings is 1. The number of aliphatic hydroxyl groups is 1. The van der Waals surface area contributed by atoms with E-state index in [9.17, 15) is 0 Å². The van der Waals surface area contributed by atoms with Crippen molar-refractivity contribution in [2.45, 2.75) is 45.1 Å². The summed E-state index contributed by atoms with van der Waals surface area (Å²) in [7, 11) is 0. The molecule has 4 heteroatoms. The minimum atomic E-state index is 0.203. The molecule has 1 aromatic heterocycles. The van der Waals surface area contributed by atoms with Gasteiger partial charge in [0.05, 0.1) is 10.7 Å². The van der Waals surface area contributed by atoms with E-state index in [-0.39, 0.29) is 6.61 Å². The monoisotopic (exact) mass is 254 g/mol. The molecule has 0 spiro atoms. The molecule has 0 unspecified atom stereocenters. The molecule has 96 valence electrons. The molecular formula is C13H22N2OS. The number of piperidine rings is 1. The molecule has 17 heavy (non-hydrogen) atoms. The Morgan fingerprint density at radius 1 is 1.47 bits per heavy atom. The van der Waals surface area contributed by atoms with E-state index < -0.39 is 0 Å². The van der Waals surface area contributed by atoms with E-state index in [1.54, 1.807) is 11.3 Å². The topological polar surface area (TPSA) is 36.4 Å². The molecular weight excluding hydrogens is 232 g/mol. The second kappa shape index (κ2) is 5.94. The Kier molecular flexibility index (Phi) is 4.54. The number of nitrogens with zero attached hydrogens (tertiary/aromatic N) is 2. The first-order valence-electron chi connectivity index (χ1n) is 6.50. The zero-order chi connectivity index (χ0) is 12.3. The van der Waals surface area contributed by atoms with Crippen LogP contribution in [0.1, 0.15) is 43.3 Å². The summed E-state index contributed by atoms with van der Waals surface area (Å²) in [6, 6.07) is 0.664. The standard InChI is InChI=1S/C13H22N2OS/c1-10(2)15-6-3-11(4-7-15)13-14-12(5-8-16)9-17-13/h9-11,16H,3-8H2,1-2H3. The molecule has 1 aliphatic rings. The van der Waals surface area contributed by atoms with Gasteiger partial charge in [-0.3, -0.25) is 0 Å². The van der Waals surface area contributed by atoms with Crippen LogP contribution in [0.4, 0.5) is 0 Å². The van der Waals surface area contributed by atoms with E-state index >= 15 is 0 Å². The van der Waals surface area contributed by atoms with Crippen LogP contribution in [0.3, 0.4) is 0 Å². The summed E-state index contributed by atoms with van der Waals surface area (Å²) in [5.74, 6) is 0.641. The van der Waals surface area contributed by atoms with E-state index in [0.717, 1.165) is 5.69 Å². The van der Waals surface area contributed by atoms with Crippen LogP contribution in [0, 0.1) is 0 Å². The molecule has 0 atom stereocenters. The first kappa shape index (κ1) is 13.0. The number of rotatable bonds is 4. The zero-order valence-corrected chi connectivity index (χ0v) is 11.5. The second-order valence-corrected chi connectivity index (χ2v) is 5.94. The SMILES string of the molecule is CC(C)N1CCC(c2nc(CCO)cs2)CC1. The Balaban J connectivity index is 1.91. The summed E-state index contributed by atoms with van der Waals surface area (Å²) < 4.78 is 0. The molecule has 0 amide bonds. The predicted molar refractivity (Wildman–Crippen MR) is 71.6 cm³/mol.